The Labute approximate surface area is 329 Å². The lowest BCUT2D eigenvalue weighted by Crippen LogP contribution is -2.36. The molecule has 56 heavy (non-hydrogen) atoms. The number of hydrogen-bond acceptors (Lipinski definition) is 11. The van der Waals surface area contributed by atoms with Gasteiger partial charge in [-0.1, -0.05) is 41.9 Å². The summed E-state index contributed by atoms with van der Waals surface area (Å²) in [7, 11) is 3.56. The number of aliphatic carboxylic acids is 1. The highest BCUT2D eigenvalue weighted by atomic mass is 35.5. The van der Waals surface area contributed by atoms with Gasteiger partial charge >= 0.3 is 5.97 Å². The monoisotopic (exact) mass is 786 g/mol. The lowest BCUT2D eigenvalue weighted by Gasteiger charge is -2.33. The molecule has 3 N–H and O–H groups in total. The molecular formula is C41H45ClF2N8O4. The number of carboxylic acid groups (broad SMARTS) is 1. The van der Waals surface area contributed by atoms with Crippen molar-refractivity contribution < 1.29 is 28.5 Å². The molecule has 1 saturated carbocycles. The largest absolute Gasteiger partial charge is 0.481 e. The Balaban J connectivity index is 1.13. The van der Waals surface area contributed by atoms with Gasteiger partial charge in [0.1, 0.15) is 11.2 Å². The van der Waals surface area contributed by atoms with Crippen LogP contribution in [0.25, 0.3) is 33.4 Å². The number of alkyl halides is 2. The molecule has 0 amide bonds. The Bertz CT molecular complexity index is 2220. The summed E-state index contributed by atoms with van der Waals surface area (Å²) < 4.78 is 33.9. The molecule has 0 radical (unpaired) electrons. The molecule has 7 rings (SSSR count). The van der Waals surface area contributed by atoms with Crippen LogP contribution in [0.4, 0.5) is 20.3 Å². The van der Waals surface area contributed by atoms with Crippen molar-refractivity contribution >= 4 is 40.1 Å². The van der Waals surface area contributed by atoms with E-state index in [9.17, 15) is 23.8 Å². The van der Waals surface area contributed by atoms with Gasteiger partial charge in [0.15, 0.2) is 11.6 Å². The fourth-order valence-electron chi connectivity index (χ4n) is 7.87. The normalized spacial score (nSPS) is 18.9. The van der Waals surface area contributed by atoms with E-state index in [0.29, 0.717) is 70.5 Å². The summed E-state index contributed by atoms with van der Waals surface area (Å²) in [5.74, 6) is -0.825. The van der Waals surface area contributed by atoms with Crippen LogP contribution in [0.2, 0.25) is 5.02 Å². The molecule has 1 aliphatic carbocycles. The van der Waals surface area contributed by atoms with Crippen molar-refractivity contribution in [3.05, 3.63) is 82.5 Å². The first-order chi connectivity index (χ1) is 27.0. The van der Waals surface area contributed by atoms with Gasteiger partial charge in [0.2, 0.25) is 5.88 Å². The second kappa shape index (κ2) is 17.1. The molecule has 0 unspecified atom stereocenters. The Morgan fingerprint density at radius 2 is 1.79 bits per heavy atom. The van der Waals surface area contributed by atoms with Gasteiger partial charge in [-0.05, 0) is 87.4 Å². The van der Waals surface area contributed by atoms with Crippen molar-refractivity contribution in [2.75, 3.05) is 39.2 Å². The molecule has 1 aliphatic heterocycles. The molecule has 1 atom stereocenters. The third-order valence-electron chi connectivity index (χ3n) is 11.1. The van der Waals surface area contributed by atoms with Gasteiger partial charge in [-0.2, -0.15) is 0 Å². The minimum Gasteiger partial charge on any atom is -0.481 e. The van der Waals surface area contributed by atoms with Crippen LogP contribution in [-0.2, 0) is 17.9 Å². The summed E-state index contributed by atoms with van der Waals surface area (Å²) in [5.41, 5.74) is 6.37. The predicted octanol–water partition coefficient (Wildman–Crippen LogP) is 7.69. The number of ether oxygens (including phenoxy) is 1. The number of nitrogens with one attached hydrogen (secondary N) is 1. The second-order valence-electron chi connectivity index (χ2n) is 14.8. The van der Waals surface area contributed by atoms with Crippen molar-refractivity contribution in [3.8, 4) is 28.3 Å². The maximum Gasteiger partial charge on any atom is 0.306 e. The minimum atomic E-state index is -2.89. The third-order valence-corrected chi connectivity index (χ3v) is 11.5. The number of aliphatic hydroxyl groups is 1. The number of halogens is 3. The van der Waals surface area contributed by atoms with E-state index in [2.05, 4.69) is 30.1 Å². The first kappa shape index (κ1) is 39.3. The average molecular weight is 787 g/mol. The van der Waals surface area contributed by atoms with Crippen molar-refractivity contribution in [2.45, 2.75) is 64.6 Å². The summed E-state index contributed by atoms with van der Waals surface area (Å²) in [5, 5.41) is 22.6. The Morgan fingerprint density at radius 3 is 2.50 bits per heavy atom. The number of carbonyl (C=O) groups is 1. The first-order valence-electron chi connectivity index (χ1n) is 18.8. The molecule has 4 heterocycles. The van der Waals surface area contributed by atoms with Crippen LogP contribution in [0, 0.1) is 18.8 Å². The molecule has 294 valence electrons. The third kappa shape index (κ3) is 8.43. The van der Waals surface area contributed by atoms with Gasteiger partial charge in [-0.15, -0.1) is 0 Å². The number of carboxylic acids is 1. The van der Waals surface area contributed by atoms with Crippen LogP contribution in [-0.4, -0.2) is 90.8 Å². The number of anilines is 2. The lowest BCUT2D eigenvalue weighted by molar-refractivity contribution is -0.143. The maximum absolute atomic E-state index is 14.1. The molecule has 15 heteroatoms. The summed E-state index contributed by atoms with van der Waals surface area (Å²) >= 11 is 7.13. The average Bonchev–Trinajstić information content (AvgIpc) is 3.66. The smallest absolute Gasteiger partial charge is 0.306 e. The second-order valence-corrected chi connectivity index (χ2v) is 15.1. The van der Waals surface area contributed by atoms with Gasteiger partial charge in [0.05, 0.1) is 35.5 Å². The molecule has 12 nitrogen and oxygen atoms in total. The Morgan fingerprint density at radius 1 is 1.04 bits per heavy atom. The summed E-state index contributed by atoms with van der Waals surface area (Å²) in [6.45, 7) is 4.74. The van der Waals surface area contributed by atoms with Crippen LogP contribution < -0.4 is 10.1 Å². The van der Waals surface area contributed by atoms with Gasteiger partial charge < -0.3 is 20.3 Å². The van der Waals surface area contributed by atoms with Gasteiger partial charge in [0.25, 0.3) is 6.43 Å². The Hall–Kier alpha value is -4.89. The van der Waals surface area contributed by atoms with E-state index in [4.69, 9.17) is 26.3 Å². The number of fused-ring (bicyclic) bond motifs is 1. The van der Waals surface area contributed by atoms with E-state index in [0.717, 1.165) is 54.6 Å². The number of benzene rings is 2. The van der Waals surface area contributed by atoms with E-state index in [1.165, 1.54) is 0 Å². The topological polar surface area (TPSA) is 150 Å². The minimum absolute atomic E-state index is 0.142. The quantitative estimate of drug-likeness (QED) is 0.107. The number of hydrogen-bond donors (Lipinski definition) is 3. The van der Waals surface area contributed by atoms with Crippen LogP contribution in [0.1, 0.15) is 61.2 Å². The molecule has 0 bridgehead atoms. The van der Waals surface area contributed by atoms with E-state index in [1.54, 1.807) is 25.6 Å². The van der Waals surface area contributed by atoms with Gasteiger partial charge in [-0.25, -0.2) is 23.7 Å². The highest BCUT2D eigenvalue weighted by Crippen LogP contribution is 2.40. The van der Waals surface area contributed by atoms with Crippen LogP contribution >= 0.6 is 11.6 Å². The van der Waals surface area contributed by atoms with Gasteiger partial charge in [0, 0.05) is 55.3 Å². The van der Waals surface area contributed by atoms with Crippen molar-refractivity contribution in [3.63, 3.8) is 0 Å². The lowest BCUT2D eigenvalue weighted by atomic mass is 9.85. The van der Waals surface area contributed by atoms with Crippen LogP contribution in [0.5, 0.6) is 5.88 Å². The highest BCUT2D eigenvalue weighted by Gasteiger charge is 2.29. The van der Waals surface area contributed by atoms with Gasteiger partial charge in [-0.3, -0.25) is 24.6 Å². The van der Waals surface area contributed by atoms with Crippen molar-refractivity contribution in [1.29, 1.82) is 0 Å². The molecule has 3 aromatic heterocycles. The molecule has 0 spiro atoms. The number of pyridine rings is 1. The van der Waals surface area contributed by atoms with E-state index in [-0.39, 0.29) is 30.3 Å². The first-order valence-corrected chi connectivity index (χ1v) is 19.2. The SMILES string of the molecule is COc1nc(-c2cccc(-c3cccc(Nc4nc(C(F)F)nc5cc(CN6CC[C@H](CO)C6)cnc45)c3C)c2Cl)cnc1CN(C)C1CCC(C(=O)O)CC1. The molecule has 2 aromatic carbocycles. The zero-order valence-electron chi connectivity index (χ0n) is 31.6. The molecule has 1 saturated heterocycles. The van der Waals surface area contributed by atoms with E-state index >= 15 is 0 Å². The standard InChI is InChI=1S/C41H45ClF2N8O4/c1-23-28(6-5-9-31(23)47-38-36-32(48-39(50-38)37(43)44)16-25(17-46-36)20-52-15-14-24(19-52)22-53)29-7-4-8-30(35(29)42)33-18-45-34(40(49-33)56-3)21-51(2)27-12-10-26(11-13-27)41(54)55/h4-9,16-18,24,26-27,37,53H,10-15,19-22H2,1-3H3,(H,54,55)(H,47,48,50)/t24-,26?,27?/m0/s1. The highest BCUT2D eigenvalue weighted by molar-refractivity contribution is 6.36. The Kier molecular flexibility index (Phi) is 12.0. The van der Waals surface area contributed by atoms with E-state index < -0.39 is 18.2 Å². The molecule has 5 aromatic rings. The number of rotatable bonds is 13. The van der Waals surface area contributed by atoms with E-state index in [1.807, 2.05) is 50.4 Å². The summed E-state index contributed by atoms with van der Waals surface area (Å²) in [4.78, 5) is 38.3. The molecule has 2 fully saturated rings. The van der Waals surface area contributed by atoms with Crippen molar-refractivity contribution in [1.82, 2.24) is 34.7 Å². The fraction of sp³-hybridized carbons (Fsp3) is 0.415. The van der Waals surface area contributed by atoms with Crippen molar-refractivity contribution in [2.24, 2.45) is 11.8 Å². The van der Waals surface area contributed by atoms with Crippen LogP contribution in [0.15, 0.2) is 54.9 Å². The number of aromatic nitrogens is 5. The number of methoxy groups -OCH3 is 1. The number of nitrogens with zero attached hydrogens (tertiary/aromatic N) is 7. The molecular weight excluding hydrogens is 742 g/mol. The summed E-state index contributed by atoms with van der Waals surface area (Å²) in [6.07, 6.45) is 4.34. The fourth-order valence-corrected chi connectivity index (χ4v) is 8.19. The summed E-state index contributed by atoms with van der Waals surface area (Å²) in [6, 6.07) is 13.3. The predicted molar refractivity (Wildman–Crippen MR) is 210 cm³/mol. The zero-order valence-corrected chi connectivity index (χ0v) is 32.3. The number of likely N-dealkylation sites (tertiary alicyclic amines) is 1. The number of aliphatic hydroxyl groups excluding tert-OH is 1. The maximum atomic E-state index is 14.1. The van der Waals surface area contributed by atoms with Crippen LogP contribution in [0.3, 0.4) is 0 Å². The molecule has 2 aliphatic rings. The zero-order chi connectivity index (χ0) is 39.5.